The van der Waals surface area contributed by atoms with Crippen LogP contribution in [-0.2, 0) is 6.18 Å². The van der Waals surface area contributed by atoms with Crippen LogP contribution in [0.15, 0.2) is 54.6 Å². The van der Waals surface area contributed by atoms with Crippen LogP contribution in [0.5, 0.6) is 5.75 Å². The number of carbonyl (C=O) groups is 1. The minimum Gasteiger partial charge on any atom is -0.422 e. The van der Waals surface area contributed by atoms with E-state index in [1.54, 1.807) is 30.3 Å². The van der Waals surface area contributed by atoms with Gasteiger partial charge in [-0.3, -0.25) is 0 Å². The average molecular weight is 305 g/mol. The molecule has 0 radical (unpaired) electrons. The quantitative estimate of drug-likeness (QED) is 0.563. The number of hydrogen-bond donors (Lipinski definition) is 1. The first-order chi connectivity index (χ1) is 10.4. The van der Waals surface area contributed by atoms with E-state index in [-0.39, 0.29) is 5.69 Å². The van der Waals surface area contributed by atoms with Gasteiger partial charge in [-0.25, -0.2) is 4.79 Å². The van der Waals surface area contributed by atoms with Crippen molar-refractivity contribution >= 4 is 16.9 Å². The minimum absolute atomic E-state index is 0.0955. The second kappa shape index (κ2) is 5.22. The number of H-pyrrole nitrogens is 1. The number of nitrogens with one attached hydrogen (secondary N) is 1. The van der Waals surface area contributed by atoms with Crippen LogP contribution in [0, 0.1) is 0 Å². The topological polar surface area (TPSA) is 42.1 Å². The predicted molar refractivity (Wildman–Crippen MR) is 74.7 cm³/mol. The van der Waals surface area contributed by atoms with Crippen molar-refractivity contribution in [2.24, 2.45) is 0 Å². The summed E-state index contributed by atoms with van der Waals surface area (Å²) in [6, 6.07) is 13.0. The molecule has 0 aliphatic heterocycles. The molecule has 1 aromatic heterocycles. The minimum atomic E-state index is -4.42. The van der Waals surface area contributed by atoms with Crippen LogP contribution in [-0.4, -0.2) is 11.0 Å². The van der Waals surface area contributed by atoms with Gasteiger partial charge in [-0.05, 0) is 36.4 Å². The molecule has 2 aromatic carbocycles. The van der Waals surface area contributed by atoms with Crippen LogP contribution < -0.4 is 4.74 Å². The Hall–Kier alpha value is -2.76. The Labute approximate surface area is 123 Å². The lowest BCUT2D eigenvalue weighted by Gasteiger charge is -2.05. The summed E-state index contributed by atoms with van der Waals surface area (Å²) >= 11 is 0. The highest BCUT2D eigenvalue weighted by atomic mass is 19.4. The van der Waals surface area contributed by atoms with Crippen LogP contribution in [0.2, 0.25) is 0 Å². The number of alkyl halides is 3. The van der Waals surface area contributed by atoms with E-state index < -0.39 is 17.7 Å². The van der Waals surface area contributed by atoms with Crippen LogP contribution in [0.25, 0.3) is 10.9 Å². The second-order valence-electron chi connectivity index (χ2n) is 4.69. The summed E-state index contributed by atoms with van der Waals surface area (Å²) in [5, 5.41) is 0.301. The molecule has 0 bridgehead atoms. The standard InChI is InChI=1S/C16H10F3NO2/c17-16(18,19)11-6-7-13-10(8-11)9-14(20-13)15(21)22-12-4-2-1-3-5-12/h1-9,20H. The van der Waals surface area contributed by atoms with Gasteiger partial charge in [-0.15, -0.1) is 0 Å². The summed E-state index contributed by atoms with van der Waals surface area (Å²) in [6.07, 6.45) is -4.42. The summed E-state index contributed by atoms with van der Waals surface area (Å²) in [5.41, 5.74) is -0.229. The van der Waals surface area contributed by atoms with E-state index in [2.05, 4.69) is 4.98 Å². The molecule has 0 atom stereocenters. The Bertz CT molecular complexity index is 822. The van der Waals surface area contributed by atoms with Crippen molar-refractivity contribution in [1.82, 2.24) is 4.98 Å². The van der Waals surface area contributed by atoms with Crippen molar-refractivity contribution in [3.8, 4) is 5.75 Å². The van der Waals surface area contributed by atoms with Crippen LogP contribution in [0.4, 0.5) is 13.2 Å². The van der Waals surface area contributed by atoms with Crippen molar-refractivity contribution in [2.75, 3.05) is 0 Å². The number of esters is 1. The third kappa shape index (κ3) is 2.81. The summed E-state index contributed by atoms with van der Waals surface area (Å²) in [6.45, 7) is 0. The lowest BCUT2D eigenvalue weighted by molar-refractivity contribution is -0.137. The van der Waals surface area contributed by atoms with Crippen molar-refractivity contribution in [2.45, 2.75) is 6.18 Å². The van der Waals surface area contributed by atoms with Crippen molar-refractivity contribution in [1.29, 1.82) is 0 Å². The fourth-order valence-electron chi connectivity index (χ4n) is 2.07. The van der Waals surface area contributed by atoms with E-state index in [0.717, 1.165) is 12.1 Å². The molecule has 0 spiro atoms. The van der Waals surface area contributed by atoms with Gasteiger partial charge in [0.2, 0.25) is 0 Å². The highest BCUT2D eigenvalue weighted by Gasteiger charge is 2.30. The molecule has 1 heterocycles. The van der Waals surface area contributed by atoms with E-state index in [4.69, 9.17) is 4.74 Å². The highest BCUT2D eigenvalue weighted by molar-refractivity contribution is 5.96. The van der Waals surface area contributed by atoms with E-state index in [9.17, 15) is 18.0 Å². The van der Waals surface area contributed by atoms with Gasteiger partial charge in [-0.2, -0.15) is 13.2 Å². The molecule has 0 saturated heterocycles. The third-order valence-electron chi connectivity index (χ3n) is 3.12. The normalized spacial score (nSPS) is 11.6. The zero-order valence-corrected chi connectivity index (χ0v) is 11.1. The number of aromatic amines is 1. The lowest BCUT2D eigenvalue weighted by Crippen LogP contribution is -2.08. The molecule has 0 saturated carbocycles. The fraction of sp³-hybridized carbons (Fsp3) is 0.0625. The van der Waals surface area contributed by atoms with Gasteiger partial charge in [0.05, 0.1) is 5.56 Å². The monoisotopic (exact) mass is 305 g/mol. The van der Waals surface area contributed by atoms with Gasteiger partial charge in [0, 0.05) is 10.9 Å². The Balaban J connectivity index is 1.90. The first-order valence-corrected chi connectivity index (χ1v) is 6.41. The first kappa shape index (κ1) is 14.2. The Kier molecular flexibility index (Phi) is 3.36. The molecule has 6 heteroatoms. The average Bonchev–Trinajstić information content (AvgIpc) is 2.90. The maximum atomic E-state index is 12.7. The molecule has 1 N–H and O–H groups in total. The molecule has 0 aliphatic rings. The number of aromatic nitrogens is 1. The van der Waals surface area contributed by atoms with E-state index >= 15 is 0 Å². The summed E-state index contributed by atoms with van der Waals surface area (Å²) in [4.78, 5) is 14.7. The maximum Gasteiger partial charge on any atom is 0.416 e. The summed E-state index contributed by atoms with van der Waals surface area (Å²) in [7, 11) is 0. The molecular weight excluding hydrogens is 295 g/mol. The molecule has 112 valence electrons. The van der Waals surface area contributed by atoms with Gasteiger partial charge in [-0.1, -0.05) is 18.2 Å². The Morgan fingerprint density at radius 3 is 2.41 bits per heavy atom. The van der Waals surface area contributed by atoms with Gasteiger partial charge in [0.25, 0.3) is 0 Å². The van der Waals surface area contributed by atoms with Crippen molar-refractivity contribution in [3.05, 3.63) is 65.9 Å². The third-order valence-corrected chi connectivity index (χ3v) is 3.12. The maximum absolute atomic E-state index is 12.7. The first-order valence-electron chi connectivity index (χ1n) is 6.41. The van der Waals surface area contributed by atoms with Gasteiger partial charge in [0.1, 0.15) is 11.4 Å². The number of ether oxygens (including phenoxy) is 1. The van der Waals surface area contributed by atoms with E-state index in [1.807, 2.05) is 0 Å². The molecule has 0 aliphatic carbocycles. The molecule has 3 nitrogen and oxygen atoms in total. The Morgan fingerprint density at radius 2 is 1.73 bits per heavy atom. The van der Waals surface area contributed by atoms with Gasteiger partial charge in [0.15, 0.2) is 0 Å². The number of benzene rings is 2. The zero-order valence-electron chi connectivity index (χ0n) is 11.1. The molecule has 3 aromatic rings. The number of para-hydroxylation sites is 1. The number of hydrogen-bond acceptors (Lipinski definition) is 2. The molecule has 22 heavy (non-hydrogen) atoms. The summed E-state index contributed by atoms with van der Waals surface area (Å²) in [5.74, 6) is -0.293. The van der Waals surface area contributed by atoms with E-state index in [0.29, 0.717) is 16.7 Å². The van der Waals surface area contributed by atoms with E-state index in [1.165, 1.54) is 12.1 Å². The van der Waals surface area contributed by atoms with Crippen molar-refractivity contribution < 1.29 is 22.7 Å². The van der Waals surface area contributed by atoms with Gasteiger partial charge < -0.3 is 9.72 Å². The SMILES string of the molecule is O=C(Oc1ccccc1)c1cc2cc(C(F)(F)F)ccc2[nH]1. The van der Waals surface area contributed by atoms with Crippen LogP contribution in [0.3, 0.4) is 0 Å². The highest BCUT2D eigenvalue weighted by Crippen LogP contribution is 2.31. The number of fused-ring (bicyclic) bond motifs is 1. The van der Waals surface area contributed by atoms with Crippen LogP contribution in [0.1, 0.15) is 16.1 Å². The smallest absolute Gasteiger partial charge is 0.416 e. The van der Waals surface area contributed by atoms with Gasteiger partial charge >= 0.3 is 12.1 Å². The zero-order chi connectivity index (χ0) is 15.7. The molecule has 0 unspecified atom stereocenters. The number of halogens is 3. The summed E-state index contributed by atoms with van der Waals surface area (Å²) < 4.78 is 43.1. The fourth-order valence-corrected chi connectivity index (χ4v) is 2.07. The number of carbonyl (C=O) groups excluding carboxylic acids is 1. The number of rotatable bonds is 2. The predicted octanol–water partition coefficient (Wildman–Crippen LogP) is 4.41. The lowest BCUT2D eigenvalue weighted by atomic mass is 10.1. The molecule has 0 fully saturated rings. The molecular formula is C16H10F3NO2. The van der Waals surface area contributed by atoms with Crippen molar-refractivity contribution in [3.63, 3.8) is 0 Å². The second-order valence-corrected chi connectivity index (χ2v) is 4.69. The molecule has 3 rings (SSSR count). The van der Waals surface area contributed by atoms with Crippen LogP contribution >= 0.6 is 0 Å². The largest absolute Gasteiger partial charge is 0.422 e. The molecule has 0 amide bonds. The Morgan fingerprint density at radius 1 is 1.00 bits per heavy atom.